The molecule has 0 spiro atoms. The molecule has 2 aromatic heterocycles. The maximum Gasteiger partial charge on any atom is 0.224 e. The zero-order chi connectivity index (χ0) is 18.8. The number of hydrogen-bond donors (Lipinski definition) is 1. The zero-order valence-corrected chi connectivity index (χ0v) is 15.6. The van der Waals surface area contributed by atoms with Crippen LogP contribution in [-0.4, -0.2) is 48.6 Å². The highest BCUT2D eigenvalue weighted by atomic mass is 16.3. The maximum atomic E-state index is 12.7. The second kappa shape index (κ2) is 7.52. The summed E-state index contributed by atoms with van der Waals surface area (Å²) >= 11 is 0. The van der Waals surface area contributed by atoms with Gasteiger partial charge >= 0.3 is 0 Å². The molecule has 1 amide bonds. The van der Waals surface area contributed by atoms with Gasteiger partial charge in [0.1, 0.15) is 5.69 Å². The number of nitrogens with zero attached hydrogens (tertiary/aromatic N) is 5. The summed E-state index contributed by atoms with van der Waals surface area (Å²) in [5.41, 5.74) is 2.96. The van der Waals surface area contributed by atoms with Gasteiger partial charge in [0.05, 0.1) is 18.8 Å². The van der Waals surface area contributed by atoms with Crippen LogP contribution in [0.3, 0.4) is 0 Å². The van der Waals surface area contributed by atoms with E-state index in [1.165, 1.54) is 16.6 Å². The molecule has 3 aromatic rings. The van der Waals surface area contributed by atoms with Crippen LogP contribution >= 0.6 is 0 Å². The van der Waals surface area contributed by atoms with Gasteiger partial charge in [-0.25, -0.2) is 4.68 Å². The van der Waals surface area contributed by atoms with Gasteiger partial charge in [-0.2, -0.15) is 0 Å². The molecular weight excluding hydrogens is 342 g/mol. The Morgan fingerprint density at radius 3 is 2.78 bits per heavy atom. The van der Waals surface area contributed by atoms with Crippen LogP contribution in [0.4, 0.5) is 0 Å². The van der Waals surface area contributed by atoms with E-state index >= 15 is 0 Å². The number of aryl methyl sites for hydroxylation is 2. The summed E-state index contributed by atoms with van der Waals surface area (Å²) in [6.45, 7) is 4.19. The Hall–Kier alpha value is -2.67. The number of carbonyl (C=O) groups is 1. The monoisotopic (exact) mass is 367 g/mol. The van der Waals surface area contributed by atoms with Crippen molar-refractivity contribution in [1.82, 2.24) is 24.5 Å². The first-order valence-corrected chi connectivity index (χ1v) is 9.50. The second-order valence-electron chi connectivity index (χ2n) is 7.21. The quantitative estimate of drug-likeness (QED) is 0.751. The van der Waals surface area contributed by atoms with E-state index in [0.717, 1.165) is 25.9 Å². The van der Waals surface area contributed by atoms with Crippen LogP contribution in [0.5, 0.6) is 0 Å². The van der Waals surface area contributed by atoms with E-state index in [-0.39, 0.29) is 18.6 Å². The van der Waals surface area contributed by atoms with Crippen molar-refractivity contribution >= 4 is 16.8 Å². The third kappa shape index (κ3) is 3.60. The van der Waals surface area contributed by atoms with Gasteiger partial charge in [0.15, 0.2) is 0 Å². The molecule has 1 aromatic carbocycles. The first kappa shape index (κ1) is 17.7. The number of amides is 1. The van der Waals surface area contributed by atoms with E-state index in [1.54, 1.807) is 6.20 Å². The molecule has 0 bridgehead atoms. The average molecular weight is 367 g/mol. The molecule has 3 heterocycles. The average Bonchev–Trinajstić information content (AvgIpc) is 3.30. The van der Waals surface area contributed by atoms with Gasteiger partial charge in [-0.15, -0.1) is 5.10 Å². The van der Waals surface area contributed by atoms with Crippen molar-refractivity contribution in [2.45, 2.75) is 45.4 Å². The second-order valence-corrected chi connectivity index (χ2v) is 7.21. The molecule has 7 heteroatoms. The highest BCUT2D eigenvalue weighted by molar-refractivity contribution is 5.81. The molecule has 0 unspecified atom stereocenters. The molecule has 1 fully saturated rings. The van der Waals surface area contributed by atoms with Crippen LogP contribution in [0.15, 0.2) is 36.5 Å². The molecule has 0 radical (unpaired) electrons. The van der Waals surface area contributed by atoms with Crippen LogP contribution < -0.4 is 0 Å². The number of aliphatic hydroxyl groups excluding tert-OH is 1. The van der Waals surface area contributed by atoms with Crippen LogP contribution in [0.25, 0.3) is 10.9 Å². The highest BCUT2D eigenvalue weighted by Crippen LogP contribution is 2.23. The molecule has 1 aliphatic heterocycles. The lowest BCUT2D eigenvalue weighted by Crippen LogP contribution is -2.39. The van der Waals surface area contributed by atoms with E-state index < -0.39 is 0 Å². The number of piperidine rings is 1. The molecule has 1 saturated heterocycles. The fourth-order valence-electron chi connectivity index (χ4n) is 3.95. The molecule has 7 nitrogen and oxygen atoms in total. The number of rotatable bonds is 5. The summed E-state index contributed by atoms with van der Waals surface area (Å²) in [6.07, 6.45) is 4.04. The van der Waals surface area contributed by atoms with Crippen molar-refractivity contribution < 1.29 is 9.90 Å². The van der Waals surface area contributed by atoms with Crippen molar-refractivity contribution in [2.24, 2.45) is 0 Å². The molecular formula is C20H25N5O2. The fourth-order valence-corrected chi connectivity index (χ4v) is 3.95. The van der Waals surface area contributed by atoms with E-state index in [9.17, 15) is 4.79 Å². The first-order valence-electron chi connectivity index (χ1n) is 9.50. The number of likely N-dealkylation sites (tertiary alicyclic amines) is 1. The third-order valence-corrected chi connectivity index (χ3v) is 5.48. The molecule has 0 saturated carbocycles. The number of aromatic nitrogens is 4. The molecule has 0 atom stereocenters. The number of aliphatic hydroxyl groups is 1. The van der Waals surface area contributed by atoms with Crippen molar-refractivity contribution in [1.29, 1.82) is 0 Å². The predicted octanol–water partition coefficient (Wildman–Crippen LogP) is 2.29. The minimum absolute atomic E-state index is 0.0924. The third-order valence-electron chi connectivity index (χ3n) is 5.48. The molecule has 1 N–H and O–H groups in total. The van der Waals surface area contributed by atoms with Gasteiger partial charge in [-0.05, 0) is 37.3 Å². The molecule has 4 rings (SSSR count). The lowest BCUT2D eigenvalue weighted by molar-refractivity contribution is -0.132. The Bertz CT molecular complexity index is 937. The molecule has 0 aliphatic carbocycles. The predicted molar refractivity (Wildman–Crippen MR) is 102 cm³/mol. The minimum atomic E-state index is -0.0924. The smallest absolute Gasteiger partial charge is 0.224 e. The first-order chi connectivity index (χ1) is 13.2. The standard InChI is InChI=1S/C20H25N5O2/c1-15-12-16-4-2-3-5-19(16)24(15)11-8-20(27)23-9-6-18(7-10-23)25-13-17(14-26)21-22-25/h2-5,12-13,18,26H,6-11,14H2,1H3. The van der Waals surface area contributed by atoms with E-state index in [1.807, 2.05) is 21.7 Å². The van der Waals surface area contributed by atoms with Crippen molar-refractivity contribution in [3.05, 3.63) is 47.9 Å². The lowest BCUT2D eigenvalue weighted by atomic mass is 10.0. The minimum Gasteiger partial charge on any atom is -0.390 e. The Kier molecular flexibility index (Phi) is 4.94. The zero-order valence-electron chi connectivity index (χ0n) is 15.6. The van der Waals surface area contributed by atoms with Crippen molar-refractivity contribution in [2.75, 3.05) is 13.1 Å². The topological polar surface area (TPSA) is 76.2 Å². The van der Waals surface area contributed by atoms with Crippen LogP contribution in [0.2, 0.25) is 0 Å². The van der Waals surface area contributed by atoms with Gasteiger partial charge in [0.2, 0.25) is 5.91 Å². The number of carbonyl (C=O) groups excluding carboxylic acids is 1. The van der Waals surface area contributed by atoms with Crippen molar-refractivity contribution in [3.63, 3.8) is 0 Å². The summed E-state index contributed by atoms with van der Waals surface area (Å²) in [5, 5.41) is 18.4. The van der Waals surface area contributed by atoms with Gasteiger partial charge in [-0.1, -0.05) is 23.4 Å². The van der Waals surface area contributed by atoms with Crippen LogP contribution in [0, 0.1) is 6.92 Å². The summed E-state index contributed by atoms with van der Waals surface area (Å²) in [5.74, 6) is 0.209. The van der Waals surface area contributed by atoms with Gasteiger partial charge in [-0.3, -0.25) is 4.79 Å². The Balaban J connectivity index is 1.33. The highest BCUT2D eigenvalue weighted by Gasteiger charge is 2.24. The molecule has 27 heavy (non-hydrogen) atoms. The van der Waals surface area contributed by atoms with Crippen LogP contribution in [-0.2, 0) is 17.9 Å². The summed E-state index contributed by atoms with van der Waals surface area (Å²) in [4.78, 5) is 14.6. The number of para-hydroxylation sites is 1. The van der Waals surface area contributed by atoms with E-state index in [2.05, 4.69) is 40.0 Å². The summed E-state index contributed by atoms with van der Waals surface area (Å²) < 4.78 is 4.05. The summed E-state index contributed by atoms with van der Waals surface area (Å²) in [6, 6.07) is 10.7. The van der Waals surface area contributed by atoms with E-state index in [0.29, 0.717) is 18.7 Å². The van der Waals surface area contributed by atoms with E-state index in [4.69, 9.17) is 5.11 Å². The number of benzene rings is 1. The summed E-state index contributed by atoms with van der Waals surface area (Å²) in [7, 11) is 0. The number of fused-ring (bicyclic) bond motifs is 1. The SMILES string of the molecule is Cc1cc2ccccc2n1CCC(=O)N1CCC(n2cc(CO)nn2)CC1. The van der Waals surface area contributed by atoms with Crippen LogP contribution in [0.1, 0.15) is 36.7 Å². The van der Waals surface area contributed by atoms with Gasteiger partial charge in [0, 0.05) is 37.3 Å². The van der Waals surface area contributed by atoms with Crippen molar-refractivity contribution in [3.8, 4) is 0 Å². The number of hydrogen-bond acceptors (Lipinski definition) is 4. The lowest BCUT2D eigenvalue weighted by Gasteiger charge is -2.32. The largest absolute Gasteiger partial charge is 0.390 e. The normalized spacial score (nSPS) is 15.6. The molecule has 1 aliphatic rings. The Morgan fingerprint density at radius 2 is 2.04 bits per heavy atom. The molecule has 142 valence electrons. The Morgan fingerprint density at radius 1 is 1.26 bits per heavy atom. The fraction of sp³-hybridized carbons (Fsp3) is 0.450. The van der Waals surface area contributed by atoms with Gasteiger partial charge < -0.3 is 14.6 Å². The Labute approximate surface area is 158 Å². The maximum absolute atomic E-state index is 12.7. The van der Waals surface area contributed by atoms with Gasteiger partial charge in [0.25, 0.3) is 0 Å².